The minimum atomic E-state index is -0.593. The van der Waals surface area contributed by atoms with E-state index < -0.39 is 16.8 Å². The summed E-state index contributed by atoms with van der Waals surface area (Å²) in [5.74, 6) is 2.14. The monoisotopic (exact) mass is 610 g/mol. The Kier molecular flexibility index (Phi) is 6.37. The zero-order valence-electron chi connectivity index (χ0n) is 25.2. The summed E-state index contributed by atoms with van der Waals surface area (Å²) < 4.78 is 6.49. The van der Waals surface area contributed by atoms with Crippen LogP contribution in [0.3, 0.4) is 0 Å². The number of aliphatic carboxylic acids is 1. The topological polar surface area (TPSA) is 67.5 Å². The average molecular weight is 612 g/mol. The Bertz CT molecular complexity index is 1300. The summed E-state index contributed by atoms with van der Waals surface area (Å²) in [5.41, 5.74) is 1.23. The van der Waals surface area contributed by atoms with E-state index in [9.17, 15) is 14.7 Å². The molecule has 0 aliphatic heterocycles. The molecule has 0 bridgehead atoms. The van der Waals surface area contributed by atoms with Crippen molar-refractivity contribution in [2.24, 2.45) is 56.7 Å². The number of carboxylic acid groups (broad SMARTS) is 1. The molecule has 9 atom stereocenters. The standard InChI is InChI=1S/C35H47BrO4/c1-20(2)23-12-15-35(30(38)39)17-16-33(6)24(28(23)35)9-10-26-32(5)19-21(18-22-8-11-27(36)40-22)29(37)31(3,4)25(32)13-14-34(26,33)7/h8,11,18,23-26,28H,1,9-10,12-17,19H2,2-7H3,(H,38,39)/b21-18+/t23-,24+,25-,26+,28+,32-,33+,34+,35-/m0/s1. The zero-order valence-corrected chi connectivity index (χ0v) is 26.8. The number of allylic oxidation sites excluding steroid dienone is 2. The van der Waals surface area contributed by atoms with Gasteiger partial charge in [0.15, 0.2) is 10.5 Å². The molecule has 0 unspecified atom stereocenters. The van der Waals surface area contributed by atoms with Crippen LogP contribution in [0.15, 0.2) is 38.9 Å². The SMILES string of the molecule is C=C(C)[C@@H]1CC[C@]2(C(=O)O)CC[C@]3(C)[C@H](CC[C@@H]4[C@@]5(C)C/C(=C\c6ccc(Br)o6)C(=O)C(C)(C)[C@@H]5CC[C@]43C)[C@@H]12. The number of ketones is 1. The number of carboxylic acids is 1. The number of furan rings is 1. The van der Waals surface area contributed by atoms with Crippen LogP contribution in [-0.4, -0.2) is 16.9 Å². The second-order valence-corrected chi connectivity index (χ2v) is 16.5. The molecule has 40 heavy (non-hydrogen) atoms. The van der Waals surface area contributed by atoms with Gasteiger partial charge in [-0.1, -0.05) is 46.8 Å². The molecule has 1 aromatic rings. The minimum absolute atomic E-state index is 0.00118. The highest BCUT2D eigenvalue weighted by Crippen LogP contribution is 2.77. The molecule has 1 heterocycles. The van der Waals surface area contributed by atoms with Crippen molar-refractivity contribution >= 4 is 33.8 Å². The first-order valence-electron chi connectivity index (χ1n) is 15.5. The molecule has 1 aromatic heterocycles. The number of hydrogen-bond donors (Lipinski definition) is 1. The van der Waals surface area contributed by atoms with Crippen LogP contribution in [0.4, 0.5) is 0 Å². The zero-order chi connectivity index (χ0) is 29.0. The highest BCUT2D eigenvalue weighted by Gasteiger charge is 2.72. The molecule has 5 aliphatic carbocycles. The lowest BCUT2D eigenvalue weighted by atomic mass is 9.32. The van der Waals surface area contributed by atoms with E-state index in [0.717, 1.165) is 69.1 Å². The van der Waals surface area contributed by atoms with E-state index in [1.807, 2.05) is 18.2 Å². The Morgan fingerprint density at radius 1 is 1.00 bits per heavy atom. The van der Waals surface area contributed by atoms with E-state index in [2.05, 4.69) is 64.1 Å². The van der Waals surface area contributed by atoms with E-state index in [1.54, 1.807) is 0 Å². The number of carbonyl (C=O) groups excluding carboxylic acids is 1. The van der Waals surface area contributed by atoms with Gasteiger partial charge in [-0.15, -0.1) is 0 Å². The molecule has 0 spiro atoms. The highest BCUT2D eigenvalue weighted by atomic mass is 79.9. The lowest BCUT2D eigenvalue weighted by molar-refractivity contribution is -0.231. The molecule has 0 aromatic carbocycles. The predicted octanol–water partition coefficient (Wildman–Crippen LogP) is 9.35. The second kappa shape index (κ2) is 8.94. The Hall–Kier alpha value is -1.62. The number of hydrogen-bond acceptors (Lipinski definition) is 3. The van der Waals surface area contributed by atoms with Crippen LogP contribution in [0.1, 0.15) is 105 Å². The molecule has 1 N–H and O–H groups in total. The summed E-state index contributed by atoms with van der Waals surface area (Å²) in [4.78, 5) is 26.8. The molecule has 0 saturated heterocycles. The van der Waals surface area contributed by atoms with Crippen LogP contribution < -0.4 is 0 Å². The fourth-order valence-corrected chi connectivity index (χ4v) is 12.4. The molecule has 5 fully saturated rings. The normalized spacial score (nSPS) is 46.7. The van der Waals surface area contributed by atoms with E-state index in [4.69, 9.17) is 4.42 Å². The first-order valence-corrected chi connectivity index (χ1v) is 16.3. The van der Waals surface area contributed by atoms with Crippen LogP contribution in [-0.2, 0) is 9.59 Å². The Balaban J connectivity index is 1.42. The molecule has 5 saturated carbocycles. The molecule has 6 rings (SSSR count). The van der Waals surface area contributed by atoms with Gasteiger partial charge in [-0.3, -0.25) is 9.59 Å². The fraction of sp³-hybridized carbons (Fsp3) is 0.714. The lowest BCUT2D eigenvalue weighted by Crippen LogP contribution is -2.67. The van der Waals surface area contributed by atoms with Crippen LogP contribution in [0.5, 0.6) is 0 Å². The third-order valence-electron chi connectivity index (χ3n) is 14.0. The van der Waals surface area contributed by atoms with Gasteiger partial charge in [0, 0.05) is 5.41 Å². The molecule has 0 amide bonds. The van der Waals surface area contributed by atoms with Crippen LogP contribution in [0.25, 0.3) is 6.08 Å². The molecule has 5 heteroatoms. The first-order chi connectivity index (χ1) is 18.6. The Labute approximate surface area is 248 Å². The van der Waals surface area contributed by atoms with E-state index in [-0.39, 0.29) is 27.9 Å². The maximum Gasteiger partial charge on any atom is 0.309 e. The Morgan fingerprint density at radius 3 is 2.35 bits per heavy atom. The second-order valence-electron chi connectivity index (χ2n) is 15.7. The van der Waals surface area contributed by atoms with E-state index >= 15 is 0 Å². The van der Waals surface area contributed by atoms with Crippen molar-refractivity contribution in [1.29, 1.82) is 0 Å². The lowest BCUT2D eigenvalue weighted by Gasteiger charge is -2.72. The van der Waals surface area contributed by atoms with Crippen molar-refractivity contribution in [2.45, 2.75) is 99.3 Å². The van der Waals surface area contributed by atoms with Crippen molar-refractivity contribution in [3.8, 4) is 0 Å². The van der Waals surface area contributed by atoms with Gasteiger partial charge < -0.3 is 9.52 Å². The molecule has 0 radical (unpaired) electrons. The maximum atomic E-state index is 13.9. The number of carbonyl (C=O) groups is 2. The number of fused-ring (bicyclic) bond motifs is 7. The first kappa shape index (κ1) is 28.5. The quantitative estimate of drug-likeness (QED) is 0.273. The molecular weight excluding hydrogens is 564 g/mol. The number of rotatable bonds is 3. The van der Waals surface area contributed by atoms with Gasteiger partial charge in [-0.2, -0.15) is 0 Å². The summed E-state index contributed by atoms with van der Waals surface area (Å²) in [5, 5.41) is 10.6. The minimum Gasteiger partial charge on any atom is -0.481 e. The molecular formula is C35H47BrO4. The fourth-order valence-electron chi connectivity index (χ4n) is 12.1. The van der Waals surface area contributed by atoms with Gasteiger partial charge in [-0.05, 0) is 150 Å². The van der Waals surface area contributed by atoms with Gasteiger partial charge in [-0.25, -0.2) is 0 Å². The van der Waals surface area contributed by atoms with Crippen molar-refractivity contribution in [3.63, 3.8) is 0 Å². The number of halogens is 1. The highest BCUT2D eigenvalue weighted by molar-refractivity contribution is 9.10. The largest absolute Gasteiger partial charge is 0.481 e. The summed E-state index contributed by atoms with van der Waals surface area (Å²) >= 11 is 3.41. The van der Waals surface area contributed by atoms with Crippen LogP contribution in [0.2, 0.25) is 0 Å². The van der Waals surface area contributed by atoms with Crippen molar-refractivity contribution in [1.82, 2.24) is 0 Å². The summed E-state index contributed by atoms with van der Waals surface area (Å²) in [6.07, 6.45) is 10.7. The van der Waals surface area contributed by atoms with Crippen LogP contribution >= 0.6 is 15.9 Å². The average Bonchev–Trinajstić information content (AvgIpc) is 3.47. The van der Waals surface area contributed by atoms with Crippen molar-refractivity contribution < 1.29 is 19.1 Å². The van der Waals surface area contributed by atoms with Gasteiger partial charge in [0.2, 0.25) is 0 Å². The van der Waals surface area contributed by atoms with Gasteiger partial charge in [0.25, 0.3) is 0 Å². The smallest absolute Gasteiger partial charge is 0.309 e. The maximum absolute atomic E-state index is 13.9. The molecule has 4 nitrogen and oxygen atoms in total. The van der Waals surface area contributed by atoms with Crippen LogP contribution in [0, 0.1) is 56.7 Å². The van der Waals surface area contributed by atoms with Gasteiger partial charge in [0.05, 0.1) is 5.41 Å². The van der Waals surface area contributed by atoms with E-state index in [1.165, 1.54) is 5.57 Å². The van der Waals surface area contributed by atoms with Crippen molar-refractivity contribution in [3.05, 3.63) is 40.3 Å². The third kappa shape index (κ3) is 3.54. The summed E-state index contributed by atoms with van der Waals surface area (Å²) in [7, 11) is 0. The predicted molar refractivity (Wildman–Crippen MR) is 161 cm³/mol. The summed E-state index contributed by atoms with van der Waals surface area (Å²) in [6.45, 7) is 18.4. The van der Waals surface area contributed by atoms with Crippen molar-refractivity contribution in [2.75, 3.05) is 0 Å². The third-order valence-corrected chi connectivity index (χ3v) is 14.4. The Morgan fingerprint density at radius 2 is 1.73 bits per heavy atom. The molecule has 5 aliphatic rings. The summed E-state index contributed by atoms with van der Waals surface area (Å²) in [6, 6.07) is 3.82. The number of Topliss-reactive ketones (excluding diaryl/α,β-unsaturated/α-hetero) is 1. The molecule has 218 valence electrons. The van der Waals surface area contributed by atoms with Gasteiger partial charge >= 0.3 is 5.97 Å². The van der Waals surface area contributed by atoms with Gasteiger partial charge in [0.1, 0.15) is 5.76 Å². The van der Waals surface area contributed by atoms with E-state index in [0.29, 0.717) is 28.3 Å².